The first kappa shape index (κ1) is 15.8. The third-order valence-electron chi connectivity index (χ3n) is 2.60. The van der Waals surface area contributed by atoms with Gasteiger partial charge in [0.25, 0.3) is 0 Å². The third-order valence-corrected chi connectivity index (χ3v) is 3.96. The minimum atomic E-state index is -3.65. The minimum Gasteiger partial charge on any atom is -0.320 e. The highest BCUT2D eigenvalue weighted by atomic mass is 32.2. The lowest BCUT2D eigenvalue weighted by molar-refractivity contribution is 0.587. The van der Waals surface area contributed by atoms with Crippen molar-refractivity contribution in [3.8, 4) is 0 Å². The predicted octanol–water partition coefficient (Wildman–Crippen LogP) is 2.01. The lowest BCUT2D eigenvalue weighted by Crippen LogP contribution is -2.19. The summed E-state index contributed by atoms with van der Waals surface area (Å²) in [6.45, 7) is 2.12. The van der Waals surface area contributed by atoms with Gasteiger partial charge in [-0.2, -0.15) is 0 Å². The number of hydrogen-bond donors (Lipinski definition) is 2. The van der Waals surface area contributed by atoms with Gasteiger partial charge in [0.1, 0.15) is 11.6 Å². The van der Waals surface area contributed by atoms with Crippen molar-refractivity contribution < 1.29 is 17.2 Å². The average Bonchev–Trinajstić information content (AvgIpc) is 2.31. The Morgan fingerprint density at radius 3 is 2.47 bits per heavy atom. The van der Waals surface area contributed by atoms with Crippen molar-refractivity contribution in [3.63, 3.8) is 0 Å². The Morgan fingerprint density at radius 1 is 1.16 bits per heavy atom. The number of aryl methyl sites for hydroxylation is 1. The van der Waals surface area contributed by atoms with Crippen molar-refractivity contribution in [2.45, 2.75) is 19.8 Å². The van der Waals surface area contributed by atoms with Crippen LogP contribution in [0.15, 0.2) is 12.1 Å². The molecular weight excluding hydrogens is 274 g/mol. The Hall–Kier alpha value is -1.21. The number of anilines is 1. The lowest BCUT2D eigenvalue weighted by atomic mass is 10.2. The van der Waals surface area contributed by atoms with Crippen LogP contribution >= 0.6 is 0 Å². The molecule has 0 amide bonds. The molecule has 0 atom stereocenters. The highest BCUT2D eigenvalue weighted by molar-refractivity contribution is 7.92. The molecule has 0 bridgehead atoms. The first-order valence-corrected chi connectivity index (χ1v) is 7.61. The zero-order valence-electron chi connectivity index (χ0n) is 11.0. The number of benzene rings is 1. The second-order valence-corrected chi connectivity index (χ2v) is 6.15. The molecule has 1 rings (SSSR count). The van der Waals surface area contributed by atoms with E-state index in [-0.39, 0.29) is 17.0 Å². The van der Waals surface area contributed by atoms with Gasteiger partial charge < -0.3 is 5.32 Å². The van der Waals surface area contributed by atoms with Gasteiger partial charge in [0.05, 0.1) is 11.4 Å². The standard InChI is InChI=1S/C12H18F2N2O2S/c1-9-7-11(14)12(8-10(9)13)16-19(17,18)6-4-3-5-15-2/h7-8,15-16H,3-6H2,1-2H3. The summed E-state index contributed by atoms with van der Waals surface area (Å²) in [6.07, 6.45) is 1.15. The van der Waals surface area contributed by atoms with Crippen LogP contribution in [0.3, 0.4) is 0 Å². The van der Waals surface area contributed by atoms with Crippen LogP contribution in [-0.4, -0.2) is 27.8 Å². The van der Waals surface area contributed by atoms with Crippen molar-refractivity contribution in [2.75, 3.05) is 24.1 Å². The number of sulfonamides is 1. The fourth-order valence-electron chi connectivity index (χ4n) is 1.54. The molecule has 0 heterocycles. The second-order valence-electron chi connectivity index (χ2n) is 4.31. The number of nitrogens with one attached hydrogen (secondary N) is 2. The zero-order valence-corrected chi connectivity index (χ0v) is 11.8. The van der Waals surface area contributed by atoms with Gasteiger partial charge in [-0.3, -0.25) is 4.72 Å². The van der Waals surface area contributed by atoms with Gasteiger partial charge in [-0.15, -0.1) is 0 Å². The van der Waals surface area contributed by atoms with Crippen molar-refractivity contribution in [3.05, 3.63) is 29.3 Å². The van der Waals surface area contributed by atoms with E-state index >= 15 is 0 Å². The van der Waals surface area contributed by atoms with E-state index in [9.17, 15) is 17.2 Å². The van der Waals surface area contributed by atoms with Crippen LogP contribution in [0.5, 0.6) is 0 Å². The third kappa shape index (κ3) is 5.12. The summed E-state index contributed by atoms with van der Waals surface area (Å²) in [5, 5.41) is 2.90. The fourth-order valence-corrected chi connectivity index (χ4v) is 2.71. The van der Waals surface area contributed by atoms with Crippen LogP contribution in [0.25, 0.3) is 0 Å². The molecule has 0 aliphatic carbocycles. The van der Waals surface area contributed by atoms with E-state index in [0.29, 0.717) is 19.4 Å². The summed E-state index contributed by atoms with van der Waals surface area (Å²) in [5.41, 5.74) is -0.216. The van der Waals surface area contributed by atoms with Gasteiger partial charge in [-0.1, -0.05) is 0 Å². The molecule has 2 N–H and O–H groups in total. The molecule has 19 heavy (non-hydrogen) atoms. The number of hydrogen-bond acceptors (Lipinski definition) is 3. The average molecular weight is 292 g/mol. The highest BCUT2D eigenvalue weighted by Crippen LogP contribution is 2.20. The molecule has 0 aliphatic heterocycles. The van der Waals surface area contributed by atoms with Gasteiger partial charge >= 0.3 is 0 Å². The molecule has 1 aromatic rings. The Labute approximate surface area is 112 Å². The highest BCUT2D eigenvalue weighted by Gasteiger charge is 2.14. The predicted molar refractivity (Wildman–Crippen MR) is 71.7 cm³/mol. The fraction of sp³-hybridized carbons (Fsp3) is 0.500. The number of halogens is 2. The van der Waals surface area contributed by atoms with Crippen LogP contribution < -0.4 is 10.0 Å². The van der Waals surface area contributed by atoms with Gasteiger partial charge in [0.2, 0.25) is 10.0 Å². The Morgan fingerprint density at radius 2 is 1.84 bits per heavy atom. The van der Waals surface area contributed by atoms with Crippen LogP contribution in [0.2, 0.25) is 0 Å². The van der Waals surface area contributed by atoms with Crippen LogP contribution in [0.1, 0.15) is 18.4 Å². The summed E-state index contributed by atoms with van der Waals surface area (Å²) in [7, 11) is -1.88. The Bertz CT molecular complexity index is 533. The smallest absolute Gasteiger partial charge is 0.232 e. The maximum atomic E-state index is 13.5. The first-order chi connectivity index (χ1) is 8.85. The monoisotopic (exact) mass is 292 g/mol. The molecule has 108 valence electrons. The van der Waals surface area contributed by atoms with E-state index in [4.69, 9.17) is 0 Å². The Kier molecular flexibility index (Phi) is 5.68. The zero-order chi connectivity index (χ0) is 14.5. The molecule has 0 spiro atoms. The van der Waals surface area contributed by atoms with Crippen LogP contribution in [0.4, 0.5) is 14.5 Å². The molecule has 0 aliphatic rings. The maximum absolute atomic E-state index is 13.5. The summed E-state index contributed by atoms with van der Waals surface area (Å²) < 4.78 is 52.2. The molecule has 0 saturated heterocycles. The molecule has 4 nitrogen and oxygen atoms in total. The van der Waals surface area contributed by atoms with Crippen LogP contribution in [0, 0.1) is 18.6 Å². The molecule has 0 unspecified atom stereocenters. The van der Waals surface area contributed by atoms with E-state index in [0.717, 1.165) is 12.1 Å². The topological polar surface area (TPSA) is 58.2 Å². The first-order valence-electron chi connectivity index (χ1n) is 5.96. The summed E-state index contributed by atoms with van der Waals surface area (Å²) in [5.74, 6) is -1.55. The van der Waals surface area contributed by atoms with E-state index in [2.05, 4.69) is 10.0 Å². The Balaban J connectivity index is 2.70. The van der Waals surface area contributed by atoms with E-state index in [1.165, 1.54) is 6.92 Å². The second kappa shape index (κ2) is 6.81. The van der Waals surface area contributed by atoms with E-state index in [1.54, 1.807) is 7.05 Å². The summed E-state index contributed by atoms with van der Waals surface area (Å²) >= 11 is 0. The number of rotatable bonds is 7. The molecular formula is C12H18F2N2O2S. The van der Waals surface area contributed by atoms with Gasteiger partial charge in [-0.25, -0.2) is 17.2 Å². The maximum Gasteiger partial charge on any atom is 0.232 e. The molecule has 1 aromatic carbocycles. The van der Waals surface area contributed by atoms with Gasteiger partial charge in [-0.05, 0) is 45.0 Å². The van der Waals surface area contributed by atoms with Gasteiger partial charge in [0.15, 0.2) is 0 Å². The lowest BCUT2D eigenvalue weighted by Gasteiger charge is -2.10. The van der Waals surface area contributed by atoms with E-state index < -0.39 is 21.7 Å². The molecule has 0 saturated carbocycles. The van der Waals surface area contributed by atoms with E-state index in [1.807, 2.05) is 0 Å². The summed E-state index contributed by atoms with van der Waals surface area (Å²) in [4.78, 5) is 0. The van der Waals surface area contributed by atoms with Crippen molar-refractivity contribution in [1.82, 2.24) is 5.32 Å². The molecule has 0 radical (unpaired) electrons. The van der Waals surface area contributed by atoms with Gasteiger partial charge in [0, 0.05) is 6.07 Å². The number of unbranched alkanes of at least 4 members (excludes halogenated alkanes) is 1. The van der Waals surface area contributed by atoms with Crippen molar-refractivity contribution >= 4 is 15.7 Å². The molecule has 0 fully saturated rings. The summed E-state index contributed by atoms with van der Waals surface area (Å²) in [6, 6.07) is 1.82. The molecule has 7 heteroatoms. The quantitative estimate of drug-likeness (QED) is 0.756. The molecule has 0 aromatic heterocycles. The van der Waals surface area contributed by atoms with Crippen molar-refractivity contribution in [2.24, 2.45) is 0 Å². The minimum absolute atomic E-state index is 0.121. The SMILES string of the molecule is CNCCCCS(=O)(=O)Nc1cc(F)c(C)cc1F. The normalized spacial score (nSPS) is 11.6. The van der Waals surface area contributed by atoms with Crippen molar-refractivity contribution in [1.29, 1.82) is 0 Å². The van der Waals surface area contributed by atoms with Crippen LogP contribution in [-0.2, 0) is 10.0 Å². The largest absolute Gasteiger partial charge is 0.320 e.